The molecule has 0 radical (unpaired) electrons. The van der Waals surface area contributed by atoms with E-state index in [1.807, 2.05) is 0 Å². The predicted octanol–water partition coefficient (Wildman–Crippen LogP) is 3.66. The van der Waals surface area contributed by atoms with Crippen LogP contribution in [0.4, 0.5) is 18.9 Å². The van der Waals surface area contributed by atoms with Crippen LogP contribution in [0.2, 0.25) is 0 Å². The summed E-state index contributed by atoms with van der Waals surface area (Å²) in [7, 11) is 0. The summed E-state index contributed by atoms with van der Waals surface area (Å²) in [6.07, 6.45) is -1.26. The van der Waals surface area contributed by atoms with E-state index < -0.39 is 11.7 Å². The third-order valence-electron chi connectivity index (χ3n) is 2.62. The number of pyridine rings is 1. The standard InChI is InChI=1S/C13H11F3N2/c1-8-4-10(13(14,15)16)2-3-12(8)9-5-11(17)7-18-6-9/h2-7H,17H2,1H3. The Morgan fingerprint density at radius 2 is 1.83 bits per heavy atom. The van der Waals surface area contributed by atoms with Gasteiger partial charge in [-0.15, -0.1) is 0 Å². The lowest BCUT2D eigenvalue weighted by molar-refractivity contribution is -0.137. The molecule has 0 aliphatic heterocycles. The van der Waals surface area contributed by atoms with Gasteiger partial charge in [-0.3, -0.25) is 4.98 Å². The third-order valence-corrected chi connectivity index (χ3v) is 2.62. The van der Waals surface area contributed by atoms with Gasteiger partial charge in [0.15, 0.2) is 0 Å². The molecule has 0 saturated heterocycles. The molecule has 2 rings (SSSR count). The topological polar surface area (TPSA) is 38.9 Å². The summed E-state index contributed by atoms with van der Waals surface area (Å²) >= 11 is 0. The number of nitrogens with zero attached hydrogens (tertiary/aromatic N) is 1. The van der Waals surface area contributed by atoms with Gasteiger partial charge in [0, 0.05) is 18.0 Å². The Kier molecular flexibility index (Phi) is 2.98. The first-order valence-corrected chi connectivity index (χ1v) is 5.26. The summed E-state index contributed by atoms with van der Waals surface area (Å²) in [6.45, 7) is 1.63. The molecule has 0 atom stereocenters. The van der Waals surface area contributed by atoms with E-state index in [9.17, 15) is 13.2 Å². The summed E-state index contributed by atoms with van der Waals surface area (Å²) in [4.78, 5) is 3.93. The van der Waals surface area contributed by atoms with E-state index in [1.54, 1.807) is 19.2 Å². The van der Waals surface area contributed by atoms with Crippen molar-refractivity contribution in [3.63, 3.8) is 0 Å². The maximum Gasteiger partial charge on any atom is 0.416 e. The number of hydrogen-bond acceptors (Lipinski definition) is 2. The van der Waals surface area contributed by atoms with Crippen molar-refractivity contribution in [3.8, 4) is 11.1 Å². The van der Waals surface area contributed by atoms with Gasteiger partial charge in [0.05, 0.1) is 11.3 Å². The molecule has 0 aliphatic carbocycles. The summed E-state index contributed by atoms with van der Waals surface area (Å²) in [5.74, 6) is 0. The van der Waals surface area contributed by atoms with Gasteiger partial charge in [-0.2, -0.15) is 13.2 Å². The molecule has 2 nitrogen and oxygen atoms in total. The van der Waals surface area contributed by atoms with Crippen molar-refractivity contribution >= 4 is 5.69 Å². The quantitative estimate of drug-likeness (QED) is 0.841. The minimum atomic E-state index is -4.32. The molecule has 2 N–H and O–H groups in total. The Hall–Kier alpha value is -2.04. The second kappa shape index (κ2) is 4.33. The maximum absolute atomic E-state index is 12.5. The Balaban J connectivity index is 2.48. The largest absolute Gasteiger partial charge is 0.416 e. The zero-order chi connectivity index (χ0) is 13.3. The number of aryl methyl sites for hydroxylation is 1. The van der Waals surface area contributed by atoms with Crippen LogP contribution in [0.1, 0.15) is 11.1 Å². The maximum atomic E-state index is 12.5. The van der Waals surface area contributed by atoms with Crippen molar-refractivity contribution in [3.05, 3.63) is 47.8 Å². The Morgan fingerprint density at radius 1 is 1.11 bits per heavy atom. The van der Waals surface area contributed by atoms with Gasteiger partial charge in [0.25, 0.3) is 0 Å². The molecule has 1 heterocycles. The normalized spacial score (nSPS) is 11.6. The first-order valence-electron chi connectivity index (χ1n) is 5.26. The second-order valence-corrected chi connectivity index (χ2v) is 4.03. The number of rotatable bonds is 1. The van der Waals surface area contributed by atoms with Gasteiger partial charge in [-0.1, -0.05) is 6.07 Å². The number of anilines is 1. The molecule has 1 aromatic heterocycles. The Bertz CT molecular complexity index is 577. The highest BCUT2D eigenvalue weighted by molar-refractivity contribution is 5.69. The third kappa shape index (κ3) is 2.45. The SMILES string of the molecule is Cc1cc(C(F)(F)F)ccc1-c1cncc(N)c1. The van der Waals surface area contributed by atoms with E-state index >= 15 is 0 Å². The predicted molar refractivity (Wildman–Crippen MR) is 63.8 cm³/mol. The molecule has 0 amide bonds. The average Bonchev–Trinajstić information content (AvgIpc) is 2.27. The van der Waals surface area contributed by atoms with Crippen LogP contribution < -0.4 is 5.73 Å². The van der Waals surface area contributed by atoms with Gasteiger partial charge in [-0.05, 0) is 36.2 Å². The van der Waals surface area contributed by atoms with E-state index in [1.165, 1.54) is 12.3 Å². The first kappa shape index (κ1) is 12.4. The Morgan fingerprint density at radius 3 is 2.39 bits per heavy atom. The molecule has 0 unspecified atom stereocenters. The van der Waals surface area contributed by atoms with Crippen molar-refractivity contribution in [2.75, 3.05) is 5.73 Å². The first-order chi connectivity index (χ1) is 8.38. The van der Waals surface area contributed by atoms with Gasteiger partial charge < -0.3 is 5.73 Å². The summed E-state index contributed by atoms with van der Waals surface area (Å²) in [6, 6.07) is 5.31. The average molecular weight is 252 g/mol. The van der Waals surface area contributed by atoms with E-state index in [0.29, 0.717) is 22.4 Å². The number of nitrogens with two attached hydrogens (primary N) is 1. The monoisotopic (exact) mass is 252 g/mol. The van der Waals surface area contributed by atoms with Crippen LogP contribution in [-0.4, -0.2) is 4.98 Å². The molecule has 0 spiro atoms. The number of aromatic nitrogens is 1. The minimum Gasteiger partial charge on any atom is -0.397 e. The fraction of sp³-hybridized carbons (Fsp3) is 0.154. The smallest absolute Gasteiger partial charge is 0.397 e. The summed E-state index contributed by atoms with van der Waals surface area (Å²) in [5, 5.41) is 0. The van der Waals surface area contributed by atoms with Gasteiger partial charge in [0.1, 0.15) is 0 Å². The van der Waals surface area contributed by atoms with Crippen molar-refractivity contribution in [1.82, 2.24) is 4.98 Å². The highest BCUT2D eigenvalue weighted by atomic mass is 19.4. The molecule has 2 aromatic rings. The van der Waals surface area contributed by atoms with Crippen LogP contribution in [0.25, 0.3) is 11.1 Å². The fourth-order valence-electron chi connectivity index (χ4n) is 1.77. The Labute approximate surface area is 102 Å². The highest BCUT2D eigenvalue weighted by Gasteiger charge is 2.30. The zero-order valence-electron chi connectivity index (χ0n) is 9.62. The molecule has 0 fully saturated rings. The molecule has 0 bridgehead atoms. The number of halogens is 3. The van der Waals surface area contributed by atoms with Crippen LogP contribution in [-0.2, 0) is 6.18 Å². The van der Waals surface area contributed by atoms with Crippen molar-refractivity contribution < 1.29 is 13.2 Å². The molecule has 94 valence electrons. The molecule has 0 aliphatic rings. The highest BCUT2D eigenvalue weighted by Crippen LogP contribution is 2.33. The molecular weight excluding hydrogens is 241 g/mol. The van der Waals surface area contributed by atoms with Crippen LogP contribution in [0.3, 0.4) is 0 Å². The van der Waals surface area contributed by atoms with E-state index in [2.05, 4.69) is 4.98 Å². The number of nitrogen functional groups attached to an aromatic ring is 1. The van der Waals surface area contributed by atoms with Crippen LogP contribution in [0, 0.1) is 6.92 Å². The summed E-state index contributed by atoms with van der Waals surface area (Å²) in [5.41, 5.74) is 7.37. The molecule has 5 heteroatoms. The lowest BCUT2D eigenvalue weighted by Crippen LogP contribution is -2.05. The van der Waals surface area contributed by atoms with E-state index in [0.717, 1.165) is 12.1 Å². The van der Waals surface area contributed by atoms with Crippen LogP contribution >= 0.6 is 0 Å². The van der Waals surface area contributed by atoms with Crippen LogP contribution in [0.5, 0.6) is 0 Å². The van der Waals surface area contributed by atoms with E-state index in [-0.39, 0.29) is 0 Å². The fourth-order valence-corrected chi connectivity index (χ4v) is 1.77. The number of hydrogen-bond donors (Lipinski definition) is 1. The zero-order valence-corrected chi connectivity index (χ0v) is 9.62. The van der Waals surface area contributed by atoms with E-state index in [4.69, 9.17) is 5.73 Å². The number of benzene rings is 1. The van der Waals surface area contributed by atoms with Gasteiger partial charge >= 0.3 is 6.18 Å². The van der Waals surface area contributed by atoms with Crippen molar-refractivity contribution in [1.29, 1.82) is 0 Å². The molecule has 18 heavy (non-hydrogen) atoms. The summed E-state index contributed by atoms with van der Waals surface area (Å²) < 4.78 is 37.6. The lowest BCUT2D eigenvalue weighted by Gasteiger charge is -2.11. The minimum absolute atomic E-state index is 0.479. The van der Waals surface area contributed by atoms with Gasteiger partial charge in [0.2, 0.25) is 0 Å². The molecule has 0 saturated carbocycles. The van der Waals surface area contributed by atoms with Crippen molar-refractivity contribution in [2.45, 2.75) is 13.1 Å². The second-order valence-electron chi connectivity index (χ2n) is 4.03. The van der Waals surface area contributed by atoms with Crippen LogP contribution in [0.15, 0.2) is 36.7 Å². The lowest BCUT2D eigenvalue weighted by atomic mass is 9.99. The molecule has 1 aromatic carbocycles. The van der Waals surface area contributed by atoms with Gasteiger partial charge in [-0.25, -0.2) is 0 Å². The molecular formula is C13H11F3N2. The number of alkyl halides is 3. The van der Waals surface area contributed by atoms with Crippen molar-refractivity contribution in [2.24, 2.45) is 0 Å².